The van der Waals surface area contributed by atoms with Gasteiger partial charge in [-0.15, -0.1) is 11.3 Å². The second-order valence-corrected chi connectivity index (χ2v) is 6.13. The van der Waals surface area contributed by atoms with Crippen LogP contribution < -0.4 is 4.72 Å². The lowest BCUT2D eigenvalue weighted by molar-refractivity contribution is 0.0701. The van der Waals surface area contributed by atoms with Crippen molar-refractivity contribution in [3.05, 3.63) is 16.5 Å². The van der Waals surface area contributed by atoms with Gasteiger partial charge in [0.2, 0.25) is 10.0 Å². The number of hydrogen-bond acceptors (Lipinski definition) is 4. The number of carbonyl (C=O) groups is 1. The largest absolute Gasteiger partial charge is 0.477 e. The van der Waals surface area contributed by atoms with Crippen molar-refractivity contribution in [2.75, 3.05) is 6.54 Å². The second-order valence-electron chi connectivity index (χ2n) is 3.08. The Kier molecular flexibility index (Phi) is 4.06. The molecule has 0 saturated carbocycles. The van der Waals surface area contributed by atoms with Gasteiger partial charge in [0.15, 0.2) is 0 Å². The van der Waals surface area contributed by atoms with E-state index in [4.69, 9.17) is 5.11 Å². The molecule has 0 aliphatic carbocycles. The van der Waals surface area contributed by atoms with Crippen LogP contribution in [0.25, 0.3) is 0 Å². The summed E-state index contributed by atoms with van der Waals surface area (Å²) in [4.78, 5) is 11.0. The lowest BCUT2D eigenvalue weighted by Crippen LogP contribution is -2.22. The Bertz CT molecular complexity index is 490. The summed E-state index contributed by atoms with van der Waals surface area (Å²) in [5, 5.41) is 8.90. The molecule has 0 aliphatic heterocycles. The van der Waals surface area contributed by atoms with Crippen LogP contribution >= 0.6 is 11.3 Å². The molecule has 1 rings (SSSR count). The maximum atomic E-state index is 11.6. The number of sulfonamides is 1. The van der Waals surface area contributed by atoms with Gasteiger partial charge < -0.3 is 5.11 Å². The summed E-state index contributed by atoms with van der Waals surface area (Å²) in [5.41, 5.74) is 0.550. The van der Waals surface area contributed by atoms with Crippen molar-refractivity contribution in [1.82, 2.24) is 4.72 Å². The Morgan fingerprint density at radius 3 is 2.50 bits per heavy atom. The van der Waals surface area contributed by atoms with E-state index in [-0.39, 0.29) is 15.6 Å². The number of carboxylic acid groups (broad SMARTS) is 1. The van der Waals surface area contributed by atoms with Gasteiger partial charge in [-0.25, -0.2) is 17.9 Å². The predicted octanol–water partition coefficient (Wildman–Crippen LogP) is 1.31. The van der Waals surface area contributed by atoms with Crippen LogP contribution in [0.5, 0.6) is 0 Å². The number of carboxylic acids is 1. The van der Waals surface area contributed by atoms with E-state index in [2.05, 4.69) is 4.72 Å². The van der Waals surface area contributed by atoms with E-state index in [1.807, 2.05) is 0 Å². The van der Waals surface area contributed by atoms with Crippen molar-refractivity contribution in [2.45, 2.75) is 24.5 Å². The summed E-state index contributed by atoms with van der Waals surface area (Å²) in [6.07, 6.45) is 0.500. The maximum Gasteiger partial charge on any atom is 0.346 e. The number of nitrogens with one attached hydrogen (secondary N) is 1. The number of rotatable bonds is 5. The Labute approximate surface area is 98.2 Å². The third-order valence-electron chi connectivity index (χ3n) is 1.96. The van der Waals surface area contributed by atoms with E-state index in [1.165, 1.54) is 6.07 Å². The molecule has 16 heavy (non-hydrogen) atoms. The SMILES string of the molecule is CCNS(=O)(=O)c1cc(CC)c(C(=O)O)s1. The third kappa shape index (κ3) is 2.60. The highest BCUT2D eigenvalue weighted by molar-refractivity contribution is 7.91. The van der Waals surface area contributed by atoms with E-state index in [0.717, 1.165) is 11.3 Å². The summed E-state index contributed by atoms with van der Waals surface area (Å²) >= 11 is 0.789. The van der Waals surface area contributed by atoms with E-state index in [1.54, 1.807) is 13.8 Å². The Balaban J connectivity index is 3.23. The van der Waals surface area contributed by atoms with Crippen molar-refractivity contribution < 1.29 is 18.3 Å². The zero-order chi connectivity index (χ0) is 12.3. The van der Waals surface area contributed by atoms with Gasteiger partial charge in [-0.2, -0.15) is 0 Å². The molecule has 0 atom stereocenters. The fourth-order valence-electron chi connectivity index (χ4n) is 1.24. The minimum atomic E-state index is -3.55. The Morgan fingerprint density at radius 2 is 2.12 bits per heavy atom. The van der Waals surface area contributed by atoms with Crippen LogP contribution in [0.2, 0.25) is 0 Å². The number of thiophene rings is 1. The van der Waals surface area contributed by atoms with Crippen molar-refractivity contribution in [2.24, 2.45) is 0 Å². The topological polar surface area (TPSA) is 83.5 Å². The van der Waals surface area contributed by atoms with Gasteiger partial charge in [-0.3, -0.25) is 0 Å². The van der Waals surface area contributed by atoms with Gasteiger partial charge in [0.25, 0.3) is 0 Å². The van der Waals surface area contributed by atoms with Gasteiger partial charge in [-0.05, 0) is 18.1 Å². The van der Waals surface area contributed by atoms with Crippen molar-refractivity contribution in [1.29, 1.82) is 0 Å². The standard InChI is InChI=1S/C9H13NO4S2/c1-3-6-5-7(15-8(6)9(11)12)16(13,14)10-4-2/h5,10H,3-4H2,1-2H3,(H,11,12). The van der Waals surface area contributed by atoms with Crippen molar-refractivity contribution >= 4 is 27.3 Å². The maximum absolute atomic E-state index is 11.6. The first-order valence-electron chi connectivity index (χ1n) is 4.78. The van der Waals surface area contributed by atoms with Crippen LogP contribution in [0, 0.1) is 0 Å². The molecular formula is C9H13NO4S2. The Morgan fingerprint density at radius 1 is 1.50 bits per heavy atom. The molecule has 0 aromatic carbocycles. The van der Waals surface area contributed by atoms with Crippen LogP contribution in [0.4, 0.5) is 0 Å². The van der Waals surface area contributed by atoms with E-state index < -0.39 is 16.0 Å². The lowest BCUT2D eigenvalue weighted by atomic mass is 10.2. The molecule has 1 heterocycles. The molecule has 2 N–H and O–H groups in total. The molecule has 0 bridgehead atoms. The van der Waals surface area contributed by atoms with Crippen LogP contribution in [0.1, 0.15) is 29.1 Å². The van der Waals surface area contributed by atoms with Crippen LogP contribution in [-0.2, 0) is 16.4 Å². The van der Waals surface area contributed by atoms with E-state index in [9.17, 15) is 13.2 Å². The summed E-state index contributed by atoms with van der Waals surface area (Å²) in [7, 11) is -3.55. The molecule has 1 aromatic rings. The molecule has 7 heteroatoms. The lowest BCUT2D eigenvalue weighted by Gasteiger charge is -1.99. The van der Waals surface area contributed by atoms with Gasteiger partial charge in [0.1, 0.15) is 9.09 Å². The summed E-state index contributed by atoms with van der Waals surface area (Å²) < 4.78 is 25.7. The molecule has 0 unspecified atom stereocenters. The normalized spacial score (nSPS) is 11.6. The van der Waals surface area contributed by atoms with Gasteiger partial charge in [-0.1, -0.05) is 13.8 Å². The van der Waals surface area contributed by atoms with Crippen molar-refractivity contribution in [3.63, 3.8) is 0 Å². The summed E-state index contributed by atoms with van der Waals surface area (Å²) in [6.45, 7) is 3.74. The average Bonchev–Trinajstić information content (AvgIpc) is 2.61. The summed E-state index contributed by atoms with van der Waals surface area (Å²) in [5.74, 6) is -1.08. The molecule has 5 nitrogen and oxygen atoms in total. The number of hydrogen-bond donors (Lipinski definition) is 2. The average molecular weight is 263 g/mol. The highest BCUT2D eigenvalue weighted by Gasteiger charge is 2.21. The second kappa shape index (κ2) is 4.94. The highest BCUT2D eigenvalue weighted by Crippen LogP contribution is 2.26. The molecule has 0 radical (unpaired) electrons. The quantitative estimate of drug-likeness (QED) is 0.839. The zero-order valence-electron chi connectivity index (χ0n) is 8.98. The third-order valence-corrected chi connectivity index (χ3v) is 5.15. The monoisotopic (exact) mass is 263 g/mol. The van der Waals surface area contributed by atoms with Gasteiger partial charge >= 0.3 is 5.97 Å². The molecular weight excluding hydrogens is 250 g/mol. The minimum Gasteiger partial charge on any atom is -0.477 e. The molecule has 0 aliphatic rings. The van der Waals surface area contributed by atoms with Crippen LogP contribution in [-0.4, -0.2) is 26.0 Å². The molecule has 0 spiro atoms. The van der Waals surface area contributed by atoms with Crippen molar-refractivity contribution in [3.8, 4) is 0 Å². The zero-order valence-corrected chi connectivity index (χ0v) is 10.6. The van der Waals surface area contributed by atoms with Gasteiger partial charge in [0.05, 0.1) is 0 Å². The first-order valence-corrected chi connectivity index (χ1v) is 7.08. The first kappa shape index (κ1) is 13.1. The molecule has 0 saturated heterocycles. The first-order chi connectivity index (χ1) is 7.42. The molecule has 1 aromatic heterocycles. The van der Waals surface area contributed by atoms with E-state index >= 15 is 0 Å². The fraction of sp³-hybridized carbons (Fsp3) is 0.444. The molecule has 90 valence electrons. The minimum absolute atomic E-state index is 0.0589. The summed E-state index contributed by atoms with van der Waals surface area (Å²) in [6, 6.07) is 1.42. The highest BCUT2D eigenvalue weighted by atomic mass is 32.2. The smallest absolute Gasteiger partial charge is 0.346 e. The van der Waals surface area contributed by atoms with Gasteiger partial charge in [0, 0.05) is 6.54 Å². The fourth-order valence-corrected chi connectivity index (χ4v) is 3.75. The van der Waals surface area contributed by atoms with Crippen LogP contribution in [0.15, 0.2) is 10.3 Å². The van der Waals surface area contributed by atoms with Crippen LogP contribution in [0.3, 0.4) is 0 Å². The van der Waals surface area contributed by atoms with E-state index in [0.29, 0.717) is 12.0 Å². The number of aromatic carboxylic acids is 1. The predicted molar refractivity (Wildman–Crippen MR) is 61.5 cm³/mol. The molecule has 0 amide bonds. The Hall–Kier alpha value is -0.920. The number of aryl methyl sites for hydroxylation is 1. The molecule has 0 fully saturated rings.